The Kier molecular flexibility index (Phi) is 7.42. The molecule has 1 N–H and O–H groups in total. The summed E-state index contributed by atoms with van der Waals surface area (Å²) in [6, 6.07) is 15.0. The number of alkyl halides is 2. The summed E-state index contributed by atoms with van der Waals surface area (Å²) in [7, 11) is -3.30. The molecule has 2 aromatic carbocycles. The Balaban J connectivity index is 1.41. The number of nitrogens with one attached hydrogen (secondary N) is 1. The van der Waals surface area contributed by atoms with Crippen LogP contribution in [0.4, 0.5) is 13.6 Å². The molecule has 1 aliphatic heterocycles. The second-order valence-corrected chi connectivity index (χ2v) is 9.84. The monoisotopic (exact) mass is 436 g/mol. The number of amides is 2. The molecule has 0 spiro atoms. The minimum absolute atomic E-state index is 0.00777. The zero-order valence-electron chi connectivity index (χ0n) is 16.6. The number of carbonyl (C=O) groups is 1. The number of benzene rings is 2. The van der Waals surface area contributed by atoms with E-state index in [9.17, 15) is 22.0 Å². The maximum absolute atomic E-state index is 12.6. The van der Waals surface area contributed by atoms with Crippen LogP contribution < -0.4 is 5.32 Å². The highest BCUT2D eigenvalue weighted by molar-refractivity contribution is 7.90. The van der Waals surface area contributed by atoms with E-state index in [0.717, 1.165) is 24.0 Å². The van der Waals surface area contributed by atoms with Gasteiger partial charge in [-0.25, -0.2) is 22.0 Å². The van der Waals surface area contributed by atoms with Gasteiger partial charge < -0.3 is 10.2 Å². The number of likely N-dealkylation sites (tertiary alicyclic amines) is 1. The molecule has 1 fully saturated rings. The van der Waals surface area contributed by atoms with Gasteiger partial charge in [-0.1, -0.05) is 54.6 Å². The Hall–Kier alpha value is -2.48. The third-order valence-corrected chi connectivity index (χ3v) is 6.85. The fourth-order valence-electron chi connectivity index (χ4n) is 3.64. The van der Waals surface area contributed by atoms with E-state index in [1.165, 1.54) is 12.1 Å². The van der Waals surface area contributed by atoms with Crippen LogP contribution in [-0.4, -0.2) is 44.7 Å². The molecule has 1 atom stereocenters. The summed E-state index contributed by atoms with van der Waals surface area (Å²) in [6.07, 6.45) is -0.920. The molecule has 3 rings (SSSR count). The van der Waals surface area contributed by atoms with Gasteiger partial charge in [0.15, 0.2) is 9.84 Å². The lowest BCUT2D eigenvalue weighted by molar-refractivity contribution is 0.151. The molecular weight excluding hydrogens is 410 g/mol. The predicted molar refractivity (Wildman–Crippen MR) is 112 cm³/mol. The van der Waals surface area contributed by atoms with Gasteiger partial charge in [0, 0.05) is 25.2 Å². The molecule has 2 aromatic rings. The SMILES string of the molecule is O=C(NCCS(=O)(=O)Cc1ccccc1)N1CCC(Cc2ccc(C(F)F)cc2)C1. The first-order valence-corrected chi connectivity index (χ1v) is 11.8. The number of nitrogens with zero attached hydrogens (tertiary/aromatic N) is 1. The summed E-state index contributed by atoms with van der Waals surface area (Å²) in [5.74, 6) is 0.108. The molecule has 0 saturated carbocycles. The number of rotatable bonds is 8. The number of halogens is 2. The highest BCUT2D eigenvalue weighted by Crippen LogP contribution is 2.23. The summed E-state index contributed by atoms with van der Waals surface area (Å²) in [5.41, 5.74) is 1.71. The summed E-state index contributed by atoms with van der Waals surface area (Å²) in [4.78, 5) is 14.0. The van der Waals surface area contributed by atoms with Crippen LogP contribution in [-0.2, 0) is 22.0 Å². The third-order valence-electron chi connectivity index (χ3n) is 5.25. The van der Waals surface area contributed by atoms with Gasteiger partial charge in [0.2, 0.25) is 0 Å². The number of hydrogen-bond acceptors (Lipinski definition) is 3. The molecule has 1 aliphatic rings. The molecule has 2 amide bonds. The van der Waals surface area contributed by atoms with Crippen molar-refractivity contribution in [3.8, 4) is 0 Å². The molecule has 0 aliphatic carbocycles. The van der Waals surface area contributed by atoms with Crippen LogP contribution in [0.15, 0.2) is 54.6 Å². The number of carbonyl (C=O) groups excluding carboxylic acids is 1. The van der Waals surface area contributed by atoms with Crippen molar-refractivity contribution < 1.29 is 22.0 Å². The van der Waals surface area contributed by atoms with E-state index >= 15 is 0 Å². The molecule has 162 valence electrons. The molecule has 5 nitrogen and oxygen atoms in total. The first-order valence-electron chi connectivity index (χ1n) is 9.96. The Morgan fingerprint density at radius 3 is 2.43 bits per heavy atom. The number of sulfone groups is 1. The van der Waals surface area contributed by atoms with Crippen molar-refractivity contribution >= 4 is 15.9 Å². The van der Waals surface area contributed by atoms with Crippen molar-refractivity contribution in [2.45, 2.75) is 25.0 Å². The van der Waals surface area contributed by atoms with Crippen molar-refractivity contribution in [2.75, 3.05) is 25.4 Å². The Labute approximate surface area is 176 Å². The van der Waals surface area contributed by atoms with Gasteiger partial charge in [-0.2, -0.15) is 0 Å². The summed E-state index contributed by atoms with van der Waals surface area (Å²) in [5, 5.41) is 2.70. The van der Waals surface area contributed by atoms with Crippen LogP contribution in [0.2, 0.25) is 0 Å². The zero-order valence-corrected chi connectivity index (χ0v) is 17.5. The predicted octanol–water partition coefficient (Wildman–Crippen LogP) is 3.81. The zero-order chi connectivity index (χ0) is 21.6. The van der Waals surface area contributed by atoms with Crippen LogP contribution in [0, 0.1) is 5.92 Å². The first kappa shape index (κ1) is 22.2. The van der Waals surface area contributed by atoms with E-state index in [0.29, 0.717) is 13.1 Å². The quantitative estimate of drug-likeness (QED) is 0.684. The second kappa shape index (κ2) is 10.0. The Morgan fingerprint density at radius 2 is 1.77 bits per heavy atom. The second-order valence-electron chi connectivity index (χ2n) is 7.66. The van der Waals surface area contributed by atoms with Gasteiger partial charge in [0.1, 0.15) is 0 Å². The van der Waals surface area contributed by atoms with Crippen LogP contribution in [0.3, 0.4) is 0 Å². The molecule has 1 heterocycles. The number of urea groups is 1. The maximum Gasteiger partial charge on any atom is 0.317 e. The van der Waals surface area contributed by atoms with Crippen LogP contribution in [0.1, 0.15) is 29.5 Å². The lowest BCUT2D eigenvalue weighted by atomic mass is 9.98. The summed E-state index contributed by atoms with van der Waals surface area (Å²) >= 11 is 0. The average molecular weight is 437 g/mol. The molecule has 0 bridgehead atoms. The average Bonchev–Trinajstić information content (AvgIpc) is 3.17. The Bertz CT molecular complexity index is 935. The Morgan fingerprint density at radius 1 is 1.07 bits per heavy atom. The van der Waals surface area contributed by atoms with Crippen LogP contribution in [0.5, 0.6) is 0 Å². The van der Waals surface area contributed by atoms with Crippen molar-refractivity contribution in [1.29, 1.82) is 0 Å². The fourth-order valence-corrected chi connectivity index (χ4v) is 4.90. The van der Waals surface area contributed by atoms with E-state index < -0.39 is 16.3 Å². The van der Waals surface area contributed by atoms with E-state index in [4.69, 9.17) is 0 Å². The van der Waals surface area contributed by atoms with Crippen LogP contribution in [0.25, 0.3) is 0 Å². The van der Waals surface area contributed by atoms with Crippen molar-refractivity contribution in [3.05, 3.63) is 71.3 Å². The molecule has 8 heteroatoms. The van der Waals surface area contributed by atoms with Gasteiger partial charge in [-0.15, -0.1) is 0 Å². The molecule has 0 aromatic heterocycles. The fraction of sp³-hybridized carbons (Fsp3) is 0.409. The van der Waals surface area contributed by atoms with Crippen LogP contribution >= 0.6 is 0 Å². The summed E-state index contributed by atoms with van der Waals surface area (Å²) < 4.78 is 49.7. The van der Waals surface area contributed by atoms with E-state index in [1.54, 1.807) is 41.3 Å². The normalized spacial score (nSPS) is 16.8. The van der Waals surface area contributed by atoms with Crippen molar-refractivity contribution in [2.24, 2.45) is 5.92 Å². The topological polar surface area (TPSA) is 66.5 Å². The minimum atomic E-state index is -3.30. The van der Waals surface area contributed by atoms with Gasteiger partial charge in [-0.3, -0.25) is 0 Å². The van der Waals surface area contributed by atoms with E-state index in [-0.39, 0.29) is 35.6 Å². The standard InChI is InChI=1S/C22H26F2N2O3S/c23-21(24)20-8-6-17(7-9-20)14-19-10-12-26(15-19)22(27)25-11-13-30(28,29)16-18-4-2-1-3-5-18/h1-9,19,21H,10-16H2,(H,25,27). The largest absolute Gasteiger partial charge is 0.337 e. The lowest BCUT2D eigenvalue weighted by Gasteiger charge is -2.17. The maximum atomic E-state index is 12.6. The molecule has 30 heavy (non-hydrogen) atoms. The third kappa shape index (κ3) is 6.52. The van der Waals surface area contributed by atoms with Gasteiger partial charge in [0.05, 0.1) is 11.5 Å². The highest BCUT2D eigenvalue weighted by Gasteiger charge is 2.26. The smallest absolute Gasteiger partial charge is 0.317 e. The van der Waals surface area contributed by atoms with E-state index in [1.807, 2.05) is 6.07 Å². The van der Waals surface area contributed by atoms with Gasteiger partial charge in [0.25, 0.3) is 6.43 Å². The first-order chi connectivity index (χ1) is 14.3. The molecule has 0 radical (unpaired) electrons. The summed E-state index contributed by atoms with van der Waals surface area (Å²) in [6.45, 7) is 1.24. The highest BCUT2D eigenvalue weighted by atomic mass is 32.2. The molecule has 1 saturated heterocycles. The van der Waals surface area contributed by atoms with Crippen molar-refractivity contribution in [3.63, 3.8) is 0 Å². The molecule has 1 unspecified atom stereocenters. The number of hydrogen-bond donors (Lipinski definition) is 1. The minimum Gasteiger partial charge on any atom is -0.337 e. The lowest BCUT2D eigenvalue weighted by Crippen LogP contribution is -2.40. The van der Waals surface area contributed by atoms with Gasteiger partial charge in [-0.05, 0) is 29.9 Å². The van der Waals surface area contributed by atoms with Gasteiger partial charge >= 0.3 is 6.03 Å². The van der Waals surface area contributed by atoms with E-state index in [2.05, 4.69) is 5.32 Å². The molecular formula is C22H26F2N2O3S. The van der Waals surface area contributed by atoms with Crippen molar-refractivity contribution in [1.82, 2.24) is 10.2 Å².